The molecule has 5 heteroatoms. The van der Waals surface area contributed by atoms with Crippen molar-refractivity contribution < 1.29 is 19.0 Å². The average molecular weight is 367 g/mol. The molecule has 2 fully saturated rings. The van der Waals surface area contributed by atoms with E-state index in [1.807, 2.05) is 72.5 Å². The SMILES string of the molecule is C[C@@H]1CC2(C[C@@H](c3ccccc3)N1C(=O)OCc1ccccc1)OCCO2. The van der Waals surface area contributed by atoms with E-state index in [2.05, 4.69) is 0 Å². The van der Waals surface area contributed by atoms with Crippen molar-refractivity contribution in [2.45, 2.75) is 44.2 Å². The molecule has 0 aliphatic carbocycles. The van der Waals surface area contributed by atoms with E-state index in [9.17, 15) is 4.79 Å². The summed E-state index contributed by atoms with van der Waals surface area (Å²) in [7, 11) is 0. The first-order valence-corrected chi connectivity index (χ1v) is 9.49. The first kappa shape index (κ1) is 18.0. The Morgan fingerprint density at radius 2 is 1.67 bits per heavy atom. The number of nitrogens with zero attached hydrogens (tertiary/aromatic N) is 1. The van der Waals surface area contributed by atoms with Crippen molar-refractivity contribution in [2.24, 2.45) is 0 Å². The lowest BCUT2D eigenvalue weighted by Gasteiger charge is -2.47. The molecule has 2 aliphatic heterocycles. The number of carbonyl (C=O) groups excluding carboxylic acids is 1. The van der Waals surface area contributed by atoms with Crippen LogP contribution in [0.5, 0.6) is 0 Å². The molecule has 2 heterocycles. The van der Waals surface area contributed by atoms with Gasteiger partial charge in [0.2, 0.25) is 0 Å². The van der Waals surface area contributed by atoms with E-state index in [0.717, 1.165) is 11.1 Å². The predicted molar refractivity (Wildman–Crippen MR) is 101 cm³/mol. The van der Waals surface area contributed by atoms with E-state index in [1.165, 1.54) is 0 Å². The summed E-state index contributed by atoms with van der Waals surface area (Å²) in [5.74, 6) is -0.601. The second-order valence-electron chi connectivity index (χ2n) is 7.24. The monoisotopic (exact) mass is 367 g/mol. The Morgan fingerprint density at radius 1 is 1.04 bits per heavy atom. The molecule has 5 nitrogen and oxygen atoms in total. The molecular weight excluding hydrogens is 342 g/mol. The molecule has 2 aromatic rings. The Hall–Kier alpha value is -2.37. The fourth-order valence-electron chi connectivity index (χ4n) is 4.12. The van der Waals surface area contributed by atoms with Crippen molar-refractivity contribution in [1.29, 1.82) is 0 Å². The largest absolute Gasteiger partial charge is 0.445 e. The maximum Gasteiger partial charge on any atom is 0.410 e. The molecule has 2 saturated heterocycles. The quantitative estimate of drug-likeness (QED) is 0.812. The number of ether oxygens (including phenoxy) is 3. The third-order valence-corrected chi connectivity index (χ3v) is 5.34. The number of carbonyl (C=O) groups is 1. The van der Waals surface area contributed by atoms with Crippen molar-refractivity contribution in [2.75, 3.05) is 13.2 Å². The number of benzene rings is 2. The van der Waals surface area contributed by atoms with Crippen LogP contribution in [0.4, 0.5) is 4.79 Å². The highest BCUT2D eigenvalue weighted by molar-refractivity contribution is 5.69. The number of likely N-dealkylation sites (tertiary alicyclic amines) is 1. The highest BCUT2D eigenvalue weighted by Gasteiger charge is 2.49. The van der Waals surface area contributed by atoms with Crippen molar-refractivity contribution in [3.8, 4) is 0 Å². The fourth-order valence-corrected chi connectivity index (χ4v) is 4.12. The fraction of sp³-hybridized carbons (Fsp3) is 0.409. The molecule has 0 aromatic heterocycles. The summed E-state index contributed by atoms with van der Waals surface area (Å²) in [5.41, 5.74) is 2.05. The number of piperidine rings is 1. The Balaban J connectivity index is 1.55. The molecule has 4 rings (SSSR count). The van der Waals surface area contributed by atoms with Crippen molar-refractivity contribution in [1.82, 2.24) is 4.90 Å². The molecule has 2 aliphatic rings. The summed E-state index contributed by atoms with van der Waals surface area (Å²) in [6, 6.07) is 19.6. The van der Waals surface area contributed by atoms with E-state index in [-0.39, 0.29) is 24.8 Å². The summed E-state index contributed by atoms with van der Waals surface area (Å²) in [4.78, 5) is 14.8. The highest BCUT2D eigenvalue weighted by Crippen LogP contribution is 2.44. The maximum absolute atomic E-state index is 13.0. The van der Waals surface area contributed by atoms with Crippen LogP contribution in [0.15, 0.2) is 60.7 Å². The first-order valence-electron chi connectivity index (χ1n) is 9.49. The average Bonchev–Trinajstić information content (AvgIpc) is 3.14. The molecule has 2 atom stereocenters. The van der Waals surface area contributed by atoms with E-state index in [0.29, 0.717) is 26.1 Å². The topological polar surface area (TPSA) is 48.0 Å². The summed E-state index contributed by atoms with van der Waals surface area (Å²) in [6.07, 6.45) is 0.964. The van der Waals surface area contributed by atoms with Gasteiger partial charge in [-0.05, 0) is 18.1 Å². The molecular formula is C22H25NO4. The molecule has 2 aromatic carbocycles. The molecule has 0 unspecified atom stereocenters. The van der Waals surface area contributed by atoms with Crippen LogP contribution >= 0.6 is 0 Å². The van der Waals surface area contributed by atoms with Crippen molar-refractivity contribution >= 4 is 6.09 Å². The second-order valence-corrected chi connectivity index (χ2v) is 7.24. The van der Waals surface area contributed by atoms with E-state index in [1.54, 1.807) is 0 Å². The Kier molecular flexibility index (Phi) is 5.14. The van der Waals surface area contributed by atoms with Gasteiger partial charge in [-0.2, -0.15) is 0 Å². The minimum absolute atomic E-state index is 0.0506. The summed E-state index contributed by atoms with van der Waals surface area (Å²) in [6.45, 7) is 3.51. The highest BCUT2D eigenvalue weighted by atomic mass is 16.7. The normalized spacial score (nSPS) is 24.1. The Bertz CT molecular complexity index is 758. The summed E-state index contributed by atoms with van der Waals surface area (Å²) < 4.78 is 17.6. The number of rotatable bonds is 3. The van der Waals surface area contributed by atoms with Gasteiger partial charge < -0.3 is 14.2 Å². The molecule has 0 N–H and O–H groups in total. The molecule has 1 spiro atoms. The smallest absolute Gasteiger partial charge is 0.410 e. The second kappa shape index (κ2) is 7.71. The van der Waals surface area contributed by atoms with Crippen LogP contribution in [0.2, 0.25) is 0 Å². The van der Waals surface area contributed by atoms with Crippen LogP contribution in [0.3, 0.4) is 0 Å². The minimum atomic E-state index is -0.601. The lowest BCUT2D eigenvalue weighted by molar-refractivity contribution is -0.204. The van der Waals surface area contributed by atoms with Gasteiger partial charge in [-0.1, -0.05) is 60.7 Å². The molecule has 1 amide bonds. The number of hydrogen-bond acceptors (Lipinski definition) is 4. The van der Waals surface area contributed by atoms with Gasteiger partial charge >= 0.3 is 6.09 Å². The van der Waals surface area contributed by atoms with Gasteiger partial charge in [0.1, 0.15) is 6.61 Å². The third-order valence-electron chi connectivity index (χ3n) is 5.34. The lowest BCUT2D eigenvalue weighted by Crippen LogP contribution is -2.53. The molecule has 0 saturated carbocycles. The van der Waals surface area contributed by atoms with Crippen LogP contribution in [-0.2, 0) is 20.8 Å². The summed E-state index contributed by atoms with van der Waals surface area (Å²) >= 11 is 0. The zero-order valence-electron chi connectivity index (χ0n) is 15.5. The van der Waals surface area contributed by atoms with E-state index >= 15 is 0 Å². The van der Waals surface area contributed by atoms with Gasteiger partial charge in [0.15, 0.2) is 5.79 Å². The minimum Gasteiger partial charge on any atom is -0.445 e. The Labute approximate surface area is 159 Å². The predicted octanol–water partition coefficient (Wildman–Crippen LogP) is 4.29. The van der Waals surface area contributed by atoms with Gasteiger partial charge in [0.05, 0.1) is 19.3 Å². The molecule has 27 heavy (non-hydrogen) atoms. The van der Waals surface area contributed by atoms with Gasteiger partial charge in [-0.25, -0.2) is 4.79 Å². The molecule has 142 valence electrons. The van der Waals surface area contributed by atoms with Crippen LogP contribution < -0.4 is 0 Å². The number of amides is 1. The van der Waals surface area contributed by atoms with Crippen LogP contribution in [0, 0.1) is 0 Å². The van der Waals surface area contributed by atoms with Crippen molar-refractivity contribution in [3.05, 3.63) is 71.8 Å². The maximum atomic E-state index is 13.0. The lowest BCUT2D eigenvalue weighted by atomic mass is 9.87. The third kappa shape index (κ3) is 3.84. The molecule has 0 bridgehead atoms. The molecule has 0 radical (unpaired) electrons. The number of hydrogen-bond donors (Lipinski definition) is 0. The zero-order chi connectivity index (χ0) is 18.7. The first-order chi connectivity index (χ1) is 13.2. The van der Waals surface area contributed by atoms with Crippen molar-refractivity contribution in [3.63, 3.8) is 0 Å². The summed E-state index contributed by atoms with van der Waals surface area (Å²) in [5, 5.41) is 0. The zero-order valence-corrected chi connectivity index (χ0v) is 15.5. The van der Waals surface area contributed by atoms with Gasteiger partial charge in [0, 0.05) is 18.9 Å². The van der Waals surface area contributed by atoms with Gasteiger partial charge in [0.25, 0.3) is 0 Å². The van der Waals surface area contributed by atoms with E-state index in [4.69, 9.17) is 14.2 Å². The van der Waals surface area contributed by atoms with Crippen LogP contribution in [0.1, 0.15) is 36.9 Å². The van der Waals surface area contributed by atoms with Crippen LogP contribution in [0.25, 0.3) is 0 Å². The van der Waals surface area contributed by atoms with E-state index < -0.39 is 5.79 Å². The van der Waals surface area contributed by atoms with Gasteiger partial charge in [-0.15, -0.1) is 0 Å². The van der Waals surface area contributed by atoms with Crippen LogP contribution in [-0.4, -0.2) is 36.0 Å². The standard InChI is InChI=1S/C22H25NO4/c1-17-14-22(26-12-13-27-22)15-20(19-10-6-3-7-11-19)23(17)21(24)25-16-18-8-4-2-5-9-18/h2-11,17,20H,12-16H2,1H3/t17-,20+/m1/s1. The van der Waals surface area contributed by atoms with Gasteiger partial charge in [-0.3, -0.25) is 4.90 Å². The Morgan fingerprint density at radius 3 is 2.33 bits per heavy atom.